The van der Waals surface area contributed by atoms with Crippen LogP contribution in [0.4, 0.5) is 0 Å². The first-order chi connectivity index (χ1) is 20.1. The van der Waals surface area contributed by atoms with Crippen molar-refractivity contribution in [1.82, 2.24) is 8.80 Å². The normalized spacial score (nSPS) is 14.8. The molecule has 11 rings (SSSR count). The second-order valence-electron chi connectivity index (χ2n) is 12.5. The van der Waals surface area contributed by atoms with Gasteiger partial charge in [0.2, 0.25) is 0 Å². The molecule has 2 nitrogen and oxygen atoms in total. The molecule has 0 spiro atoms. The molecule has 4 heterocycles. The quantitative estimate of drug-likeness (QED) is 0.188. The van der Waals surface area contributed by atoms with Gasteiger partial charge in [0.15, 0.2) is 0 Å². The molecule has 0 amide bonds. The third-order valence-corrected chi connectivity index (χ3v) is 10.3. The molecular formula is C39H24N2. The van der Waals surface area contributed by atoms with Crippen molar-refractivity contribution in [2.75, 3.05) is 0 Å². The van der Waals surface area contributed by atoms with Crippen LogP contribution >= 0.6 is 0 Å². The predicted molar refractivity (Wildman–Crippen MR) is 173 cm³/mol. The second-order valence-corrected chi connectivity index (χ2v) is 12.5. The van der Waals surface area contributed by atoms with E-state index in [4.69, 9.17) is 0 Å². The van der Waals surface area contributed by atoms with E-state index in [1.807, 2.05) is 0 Å². The van der Waals surface area contributed by atoms with Crippen molar-refractivity contribution in [2.45, 2.75) is 19.3 Å². The number of benzene rings is 6. The summed E-state index contributed by atoms with van der Waals surface area (Å²) in [5.74, 6) is 0. The number of para-hydroxylation sites is 4. The van der Waals surface area contributed by atoms with Crippen LogP contribution in [0.15, 0.2) is 109 Å². The van der Waals surface area contributed by atoms with Gasteiger partial charge in [0.05, 0.1) is 33.1 Å². The van der Waals surface area contributed by atoms with Crippen LogP contribution in [0, 0.1) is 0 Å². The van der Waals surface area contributed by atoms with E-state index in [9.17, 15) is 0 Å². The molecule has 0 unspecified atom stereocenters. The molecule has 0 saturated carbocycles. The third kappa shape index (κ3) is 2.11. The molecule has 41 heavy (non-hydrogen) atoms. The molecule has 1 aliphatic rings. The molecule has 0 bridgehead atoms. The number of rotatable bonds is 0. The molecule has 0 fully saturated rings. The highest BCUT2D eigenvalue weighted by Gasteiger charge is 2.39. The Hall–Kier alpha value is -5.08. The Kier molecular flexibility index (Phi) is 3.27. The summed E-state index contributed by atoms with van der Waals surface area (Å²) < 4.78 is 5.02. The van der Waals surface area contributed by atoms with Crippen LogP contribution in [-0.4, -0.2) is 8.80 Å². The van der Waals surface area contributed by atoms with Crippen molar-refractivity contribution in [3.8, 4) is 11.1 Å². The minimum atomic E-state index is -0.135. The van der Waals surface area contributed by atoms with Gasteiger partial charge in [0, 0.05) is 48.5 Å². The lowest BCUT2D eigenvalue weighted by Crippen LogP contribution is -2.15. The van der Waals surface area contributed by atoms with Crippen molar-refractivity contribution in [3.05, 3.63) is 120 Å². The number of hydrogen-bond acceptors (Lipinski definition) is 0. The van der Waals surface area contributed by atoms with Gasteiger partial charge < -0.3 is 8.80 Å². The van der Waals surface area contributed by atoms with Crippen LogP contribution in [0.2, 0.25) is 0 Å². The minimum absolute atomic E-state index is 0.135. The summed E-state index contributed by atoms with van der Waals surface area (Å²) in [7, 11) is 0. The molecule has 2 heteroatoms. The highest BCUT2D eigenvalue weighted by molar-refractivity contribution is 6.26. The maximum Gasteiger partial charge on any atom is 0.0620 e. The first kappa shape index (κ1) is 20.8. The molecule has 6 aromatic carbocycles. The first-order valence-corrected chi connectivity index (χ1v) is 14.5. The van der Waals surface area contributed by atoms with Gasteiger partial charge in [-0.2, -0.15) is 0 Å². The van der Waals surface area contributed by atoms with Crippen molar-refractivity contribution in [1.29, 1.82) is 0 Å². The van der Waals surface area contributed by atoms with Gasteiger partial charge in [0.25, 0.3) is 0 Å². The van der Waals surface area contributed by atoms with E-state index in [0.29, 0.717) is 0 Å². The average Bonchev–Trinajstić information content (AvgIpc) is 3.76. The maximum atomic E-state index is 2.51. The lowest BCUT2D eigenvalue weighted by Gasteiger charge is -2.23. The fraction of sp³-hybridized carbons (Fsp3) is 0.0769. The monoisotopic (exact) mass is 520 g/mol. The van der Waals surface area contributed by atoms with Crippen molar-refractivity contribution in [2.24, 2.45) is 0 Å². The van der Waals surface area contributed by atoms with Crippen LogP contribution in [-0.2, 0) is 5.41 Å². The van der Waals surface area contributed by atoms with E-state index in [1.54, 1.807) is 0 Å². The first-order valence-electron chi connectivity index (χ1n) is 14.5. The summed E-state index contributed by atoms with van der Waals surface area (Å²) >= 11 is 0. The minimum Gasteiger partial charge on any atom is -0.308 e. The SMILES string of the molecule is CC1(C)c2cc3c(cc2-c2ccc4c(c21)c1cccc2c5ccccc5n4c21)c1cccc2c4ccccc4n3c21. The Labute approximate surface area is 235 Å². The number of aromatic nitrogens is 2. The average molecular weight is 521 g/mol. The summed E-state index contributed by atoms with van der Waals surface area (Å²) in [5.41, 5.74) is 13.4. The molecule has 1 aliphatic carbocycles. The molecular weight excluding hydrogens is 496 g/mol. The van der Waals surface area contributed by atoms with Gasteiger partial charge in [-0.1, -0.05) is 92.7 Å². The van der Waals surface area contributed by atoms with Crippen molar-refractivity contribution < 1.29 is 0 Å². The highest BCUT2D eigenvalue weighted by Crippen LogP contribution is 2.55. The molecule has 0 saturated heterocycles. The van der Waals surface area contributed by atoms with Gasteiger partial charge >= 0.3 is 0 Å². The standard InChI is InChI=1S/C39H24N2/c1-39(2)30-20-34-29(26-13-7-11-24-21-9-4-6-16-32(21)41(34)37(24)26)19-28(30)23-17-18-33-35(36(23)39)27-14-8-12-25-22-10-3-5-15-31(22)40(33)38(25)27/h3-20H,1-2H3. The maximum absolute atomic E-state index is 2.51. The zero-order valence-electron chi connectivity index (χ0n) is 22.8. The van der Waals surface area contributed by atoms with E-state index in [1.165, 1.54) is 98.4 Å². The largest absolute Gasteiger partial charge is 0.308 e. The third-order valence-electron chi connectivity index (χ3n) is 10.3. The van der Waals surface area contributed by atoms with Gasteiger partial charge in [-0.15, -0.1) is 0 Å². The molecule has 4 aromatic heterocycles. The number of nitrogens with zero attached hydrogens (tertiary/aromatic N) is 2. The van der Waals surface area contributed by atoms with E-state index in [2.05, 4.69) is 132 Å². The van der Waals surface area contributed by atoms with E-state index in [-0.39, 0.29) is 5.41 Å². The van der Waals surface area contributed by atoms with Crippen LogP contribution in [0.1, 0.15) is 25.0 Å². The fourth-order valence-electron chi connectivity index (χ4n) is 8.74. The zero-order chi connectivity index (χ0) is 26.8. The van der Waals surface area contributed by atoms with Gasteiger partial charge in [0.1, 0.15) is 0 Å². The fourth-order valence-corrected chi connectivity index (χ4v) is 8.74. The lowest BCUT2D eigenvalue weighted by molar-refractivity contribution is 0.667. The molecule has 0 N–H and O–H groups in total. The molecule has 190 valence electrons. The van der Waals surface area contributed by atoms with Gasteiger partial charge in [-0.05, 0) is 52.6 Å². The number of fused-ring (bicyclic) bond motifs is 16. The summed E-state index contributed by atoms with van der Waals surface area (Å²) in [6.07, 6.45) is 0. The van der Waals surface area contributed by atoms with E-state index >= 15 is 0 Å². The van der Waals surface area contributed by atoms with Crippen LogP contribution < -0.4 is 0 Å². The van der Waals surface area contributed by atoms with Crippen LogP contribution in [0.5, 0.6) is 0 Å². The summed E-state index contributed by atoms with van der Waals surface area (Å²) in [6.45, 7) is 4.86. The second kappa shape index (κ2) is 6.45. The van der Waals surface area contributed by atoms with Gasteiger partial charge in [-0.25, -0.2) is 0 Å². The summed E-state index contributed by atoms with van der Waals surface area (Å²) in [4.78, 5) is 0. The predicted octanol–water partition coefficient (Wildman–Crippen LogP) is 10.3. The van der Waals surface area contributed by atoms with Crippen LogP contribution in [0.25, 0.3) is 87.3 Å². The summed E-state index contributed by atoms with van der Waals surface area (Å²) in [5, 5.41) is 10.8. The van der Waals surface area contributed by atoms with E-state index < -0.39 is 0 Å². The Bertz CT molecular complexity index is 2770. The molecule has 0 atom stereocenters. The smallest absolute Gasteiger partial charge is 0.0620 e. The Morgan fingerprint density at radius 3 is 1.71 bits per heavy atom. The van der Waals surface area contributed by atoms with Gasteiger partial charge in [-0.3, -0.25) is 0 Å². The Morgan fingerprint density at radius 2 is 1.00 bits per heavy atom. The van der Waals surface area contributed by atoms with Crippen molar-refractivity contribution in [3.63, 3.8) is 0 Å². The lowest BCUT2D eigenvalue weighted by atomic mass is 9.80. The van der Waals surface area contributed by atoms with E-state index in [0.717, 1.165) is 0 Å². The Morgan fingerprint density at radius 1 is 0.439 bits per heavy atom. The Balaban J connectivity index is 1.32. The topological polar surface area (TPSA) is 8.82 Å². The van der Waals surface area contributed by atoms with Crippen molar-refractivity contribution >= 4 is 76.2 Å². The zero-order valence-corrected chi connectivity index (χ0v) is 22.8. The molecule has 10 aromatic rings. The number of hydrogen-bond donors (Lipinski definition) is 0. The summed E-state index contributed by atoms with van der Waals surface area (Å²) in [6, 6.07) is 41.1. The molecule has 0 aliphatic heterocycles. The molecule has 0 radical (unpaired) electrons. The highest BCUT2D eigenvalue weighted by atomic mass is 14.9. The van der Waals surface area contributed by atoms with Crippen LogP contribution in [0.3, 0.4) is 0 Å².